The topological polar surface area (TPSA) is 20.2 Å². The van der Waals surface area contributed by atoms with Gasteiger partial charge in [-0.15, -0.1) is 0 Å². The summed E-state index contributed by atoms with van der Waals surface area (Å²) < 4.78 is 0. The molecule has 0 aromatic heterocycles. The normalized spacial score (nSPS) is 8.60. The molecule has 1 aromatic rings. The summed E-state index contributed by atoms with van der Waals surface area (Å²) in [5, 5.41) is 8.94. The predicted octanol–water partition coefficient (Wildman–Crippen LogP) is 1.63. The van der Waals surface area contributed by atoms with Gasteiger partial charge in [0.15, 0.2) is 0 Å². The molecule has 0 bridgehead atoms. The Hall–Kier alpha value is -0.448. The van der Waals surface area contributed by atoms with Crippen LogP contribution in [-0.2, 0) is 0 Å². The molecule has 0 aliphatic heterocycles. The van der Waals surface area contributed by atoms with E-state index >= 15 is 0 Å². The van der Waals surface area contributed by atoms with Crippen LogP contribution in [0.2, 0.25) is 0 Å². The molecular weight excluding hydrogens is 139 g/mol. The largest absolute Gasteiger partial charge is 0.508 e. The quantitative estimate of drug-likeness (QED) is 0.556. The lowest BCUT2D eigenvalue weighted by Gasteiger charge is -1.97. The van der Waals surface area contributed by atoms with Crippen LogP contribution < -0.4 is 0 Å². The summed E-state index contributed by atoms with van der Waals surface area (Å²) >= 11 is 0. The Kier molecular flexibility index (Phi) is 3.49. The highest BCUT2D eigenvalue weighted by Crippen LogP contribution is 2.13. The highest BCUT2D eigenvalue weighted by Gasteiger charge is 1.90. The number of benzene rings is 1. The van der Waals surface area contributed by atoms with Crippen LogP contribution in [0.25, 0.3) is 0 Å². The van der Waals surface area contributed by atoms with Crippen LogP contribution in [0.3, 0.4) is 0 Å². The fourth-order valence-corrected chi connectivity index (χ4v) is 0.726. The lowest BCUT2D eigenvalue weighted by atomic mass is 10.1. The maximum atomic E-state index is 8.94. The van der Waals surface area contributed by atoms with E-state index in [1.54, 1.807) is 12.1 Å². The summed E-state index contributed by atoms with van der Waals surface area (Å²) in [6.45, 7) is 4.00. The van der Waals surface area contributed by atoms with Gasteiger partial charge in [0.05, 0.1) is 0 Å². The zero-order chi connectivity index (χ0) is 6.85. The van der Waals surface area contributed by atoms with Gasteiger partial charge in [-0.25, -0.2) is 0 Å². The highest BCUT2D eigenvalue weighted by molar-refractivity contribution is 5.75. The van der Waals surface area contributed by atoms with Crippen LogP contribution in [-0.4, -0.2) is 22.5 Å². The van der Waals surface area contributed by atoms with E-state index in [9.17, 15) is 0 Å². The molecular formula is C8H10AlO. The Morgan fingerprint density at radius 3 is 2.10 bits per heavy atom. The van der Waals surface area contributed by atoms with Crippen LogP contribution in [0.5, 0.6) is 5.75 Å². The molecule has 0 spiro atoms. The fraction of sp³-hybridized carbons (Fsp3) is 0.250. The van der Waals surface area contributed by atoms with Crippen molar-refractivity contribution in [2.24, 2.45) is 0 Å². The standard InChI is InChI=1S/C8H10O.Al/c1-6-3-4-8(9)5-7(6)2;/h3-5,9H,1-2H3;. The third-order valence-corrected chi connectivity index (χ3v) is 1.49. The highest BCUT2D eigenvalue weighted by atomic mass is 27.0. The molecule has 2 heteroatoms. The lowest BCUT2D eigenvalue weighted by molar-refractivity contribution is 0.474. The first-order chi connectivity index (χ1) is 4.20. The van der Waals surface area contributed by atoms with E-state index in [2.05, 4.69) is 0 Å². The third kappa shape index (κ3) is 2.06. The average Bonchev–Trinajstić information content (AvgIpc) is 1.80. The van der Waals surface area contributed by atoms with Crippen molar-refractivity contribution in [2.75, 3.05) is 0 Å². The van der Waals surface area contributed by atoms with E-state index in [0.717, 1.165) is 5.56 Å². The molecule has 0 fully saturated rings. The van der Waals surface area contributed by atoms with Crippen LogP contribution in [0.15, 0.2) is 18.2 Å². The number of aryl methyl sites for hydroxylation is 2. The molecule has 0 unspecified atom stereocenters. The molecule has 10 heavy (non-hydrogen) atoms. The van der Waals surface area contributed by atoms with Crippen LogP contribution >= 0.6 is 0 Å². The molecule has 1 rings (SSSR count). The van der Waals surface area contributed by atoms with Crippen LogP contribution in [0.1, 0.15) is 11.1 Å². The van der Waals surface area contributed by atoms with E-state index in [0.29, 0.717) is 5.75 Å². The van der Waals surface area contributed by atoms with Crippen LogP contribution in [0.4, 0.5) is 0 Å². The summed E-state index contributed by atoms with van der Waals surface area (Å²) in [5.74, 6) is 0.345. The van der Waals surface area contributed by atoms with Gasteiger partial charge in [-0.05, 0) is 37.1 Å². The monoisotopic (exact) mass is 149 g/mol. The molecule has 0 saturated carbocycles. The minimum Gasteiger partial charge on any atom is -0.508 e. The molecule has 3 radical (unpaired) electrons. The molecule has 0 amide bonds. The molecule has 1 N–H and O–H groups in total. The molecule has 1 nitrogen and oxygen atoms in total. The Balaban J connectivity index is 0.000000810. The van der Waals surface area contributed by atoms with E-state index in [1.807, 2.05) is 19.9 Å². The predicted molar refractivity (Wildman–Crippen MR) is 43.3 cm³/mol. The molecule has 51 valence electrons. The molecule has 1 aromatic carbocycles. The summed E-state index contributed by atoms with van der Waals surface area (Å²) in [6.07, 6.45) is 0. The van der Waals surface area contributed by atoms with Crippen molar-refractivity contribution in [1.29, 1.82) is 0 Å². The van der Waals surface area contributed by atoms with Crippen molar-refractivity contribution < 1.29 is 5.11 Å². The van der Waals surface area contributed by atoms with Crippen molar-refractivity contribution in [1.82, 2.24) is 0 Å². The number of phenolic OH excluding ortho intramolecular Hbond substituents is 1. The Labute approximate surface area is 71.8 Å². The van der Waals surface area contributed by atoms with Gasteiger partial charge in [-0.1, -0.05) is 6.07 Å². The Morgan fingerprint density at radius 1 is 1.10 bits per heavy atom. The molecule has 0 aliphatic carbocycles. The summed E-state index contributed by atoms with van der Waals surface area (Å²) in [7, 11) is 0. The zero-order valence-electron chi connectivity index (χ0n) is 6.26. The SMILES string of the molecule is Cc1ccc(O)cc1C.[Al]. The van der Waals surface area contributed by atoms with Gasteiger partial charge in [0, 0.05) is 17.4 Å². The summed E-state index contributed by atoms with van der Waals surface area (Å²) in [4.78, 5) is 0. The van der Waals surface area contributed by atoms with Gasteiger partial charge in [-0.2, -0.15) is 0 Å². The Morgan fingerprint density at radius 2 is 1.70 bits per heavy atom. The molecule has 0 aliphatic rings. The first-order valence-corrected chi connectivity index (χ1v) is 2.96. The van der Waals surface area contributed by atoms with Gasteiger partial charge in [0.1, 0.15) is 5.75 Å². The summed E-state index contributed by atoms with van der Waals surface area (Å²) in [5.41, 5.74) is 2.35. The van der Waals surface area contributed by atoms with E-state index < -0.39 is 0 Å². The van der Waals surface area contributed by atoms with E-state index in [1.165, 1.54) is 5.56 Å². The molecule has 0 heterocycles. The van der Waals surface area contributed by atoms with Crippen molar-refractivity contribution in [3.8, 4) is 5.75 Å². The second-order valence-electron chi connectivity index (χ2n) is 2.27. The second kappa shape index (κ2) is 3.66. The lowest BCUT2D eigenvalue weighted by Crippen LogP contribution is -1.76. The zero-order valence-corrected chi connectivity index (χ0v) is 7.41. The van der Waals surface area contributed by atoms with Crippen molar-refractivity contribution in [2.45, 2.75) is 13.8 Å². The van der Waals surface area contributed by atoms with Gasteiger partial charge >= 0.3 is 0 Å². The average molecular weight is 149 g/mol. The first kappa shape index (κ1) is 9.55. The number of phenols is 1. The van der Waals surface area contributed by atoms with Gasteiger partial charge in [0.25, 0.3) is 0 Å². The number of hydrogen-bond acceptors (Lipinski definition) is 1. The molecule has 0 atom stereocenters. The number of aromatic hydroxyl groups is 1. The van der Waals surface area contributed by atoms with E-state index in [-0.39, 0.29) is 17.4 Å². The minimum atomic E-state index is 0. The maximum Gasteiger partial charge on any atom is 0.115 e. The first-order valence-electron chi connectivity index (χ1n) is 2.96. The Bertz CT molecular complexity index is 220. The van der Waals surface area contributed by atoms with Crippen molar-refractivity contribution >= 4 is 17.4 Å². The maximum absolute atomic E-state index is 8.94. The van der Waals surface area contributed by atoms with Gasteiger partial charge < -0.3 is 5.11 Å². The number of rotatable bonds is 0. The second-order valence-corrected chi connectivity index (χ2v) is 2.27. The van der Waals surface area contributed by atoms with E-state index in [4.69, 9.17) is 5.11 Å². The summed E-state index contributed by atoms with van der Waals surface area (Å²) in [6, 6.07) is 5.36. The fourth-order valence-electron chi connectivity index (χ4n) is 0.726. The van der Waals surface area contributed by atoms with Gasteiger partial charge in [0.2, 0.25) is 0 Å². The van der Waals surface area contributed by atoms with Crippen molar-refractivity contribution in [3.05, 3.63) is 29.3 Å². The molecule has 0 saturated heterocycles. The van der Waals surface area contributed by atoms with Crippen LogP contribution in [0, 0.1) is 13.8 Å². The smallest absolute Gasteiger partial charge is 0.115 e. The number of hydrogen-bond donors (Lipinski definition) is 1. The third-order valence-electron chi connectivity index (χ3n) is 1.49. The van der Waals surface area contributed by atoms with Crippen molar-refractivity contribution in [3.63, 3.8) is 0 Å². The van der Waals surface area contributed by atoms with Gasteiger partial charge in [-0.3, -0.25) is 0 Å². The minimum absolute atomic E-state index is 0.